The lowest BCUT2D eigenvalue weighted by Crippen LogP contribution is -1.93. The van der Waals surface area contributed by atoms with Gasteiger partial charge in [-0.05, 0) is 65.5 Å². The Morgan fingerprint density at radius 2 is 1.82 bits per heavy atom. The van der Waals surface area contributed by atoms with Crippen molar-refractivity contribution in [1.82, 2.24) is 0 Å². The average molecular weight is 354 g/mol. The lowest BCUT2D eigenvalue weighted by Gasteiger charge is -2.02. The number of carbonyl (C=O) groups is 1. The summed E-state index contributed by atoms with van der Waals surface area (Å²) in [4.78, 5) is 13.0. The molecule has 0 fully saturated rings. The van der Waals surface area contributed by atoms with E-state index in [2.05, 4.69) is 22.6 Å². The van der Waals surface area contributed by atoms with Crippen LogP contribution in [-0.2, 0) is 0 Å². The number of hydrogen-bond acceptors (Lipinski definition) is 2. The van der Waals surface area contributed by atoms with Crippen LogP contribution in [0.4, 0.5) is 0 Å². The number of carbonyl (C=O) groups excluding carboxylic acids is 1. The molecule has 0 aromatic heterocycles. The maximum atomic E-state index is 12.0. The van der Waals surface area contributed by atoms with Crippen LogP contribution < -0.4 is 0 Å². The van der Waals surface area contributed by atoms with E-state index in [1.54, 1.807) is 0 Å². The fraction of sp³-hybridized carbons (Fsp3) is 0.0714. The summed E-state index contributed by atoms with van der Waals surface area (Å²) in [6, 6.07) is 15.6. The topological polar surface area (TPSA) is 17.1 Å². The Labute approximate surface area is 119 Å². The Hall–Kier alpha value is -0.810. The molecule has 0 aliphatic carbocycles. The highest BCUT2D eigenvalue weighted by atomic mass is 127. The highest BCUT2D eigenvalue weighted by Crippen LogP contribution is 2.23. The second-order valence-corrected chi connectivity index (χ2v) is 6.00. The smallest absolute Gasteiger partial charge is 0.224 e. The van der Waals surface area contributed by atoms with Crippen molar-refractivity contribution in [2.24, 2.45) is 0 Å². The average Bonchev–Trinajstić information content (AvgIpc) is 2.32. The Balaban J connectivity index is 2.14. The van der Waals surface area contributed by atoms with Crippen molar-refractivity contribution in [3.8, 4) is 0 Å². The number of hydrogen-bond donors (Lipinski definition) is 0. The molecule has 86 valence electrons. The van der Waals surface area contributed by atoms with E-state index in [4.69, 9.17) is 0 Å². The van der Waals surface area contributed by atoms with Gasteiger partial charge in [0.1, 0.15) is 0 Å². The molecule has 0 atom stereocenters. The Morgan fingerprint density at radius 3 is 2.47 bits per heavy atom. The van der Waals surface area contributed by atoms with E-state index in [9.17, 15) is 4.79 Å². The van der Waals surface area contributed by atoms with Gasteiger partial charge in [-0.25, -0.2) is 0 Å². The fourth-order valence-corrected chi connectivity index (χ4v) is 2.66. The van der Waals surface area contributed by atoms with Crippen LogP contribution in [0.2, 0.25) is 0 Å². The summed E-state index contributed by atoms with van der Waals surface area (Å²) in [6.07, 6.45) is 0. The second-order valence-electron chi connectivity index (χ2n) is 3.71. The molecule has 0 saturated carbocycles. The van der Waals surface area contributed by atoms with Crippen molar-refractivity contribution in [3.05, 3.63) is 63.2 Å². The Kier molecular flexibility index (Phi) is 4.23. The Morgan fingerprint density at radius 1 is 1.12 bits per heavy atom. The molecule has 0 amide bonds. The van der Waals surface area contributed by atoms with Gasteiger partial charge >= 0.3 is 0 Å². The molecule has 0 spiro atoms. The van der Waals surface area contributed by atoms with Crippen LogP contribution in [-0.4, -0.2) is 5.12 Å². The van der Waals surface area contributed by atoms with Crippen molar-refractivity contribution in [1.29, 1.82) is 0 Å². The van der Waals surface area contributed by atoms with E-state index >= 15 is 0 Å². The first kappa shape index (κ1) is 12.6. The summed E-state index contributed by atoms with van der Waals surface area (Å²) in [5.74, 6) is 0. The summed E-state index contributed by atoms with van der Waals surface area (Å²) in [5, 5.41) is 0.0902. The quantitative estimate of drug-likeness (QED) is 0.582. The minimum atomic E-state index is 0.0902. The van der Waals surface area contributed by atoms with E-state index < -0.39 is 0 Å². The van der Waals surface area contributed by atoms with Crippen molar-refractivity contribution in [2.45, 2.75) is 11.8 Å². The standard InChI is InChI=1S/C14H11IOS/c1-10-5-7-13(8-6-10)17-14(16)11-3-2-4-12(15)9-11/h2-9H,1H3. The van der Waals surface area contributed by atoms with Gasteiger partial charge in [-0.2, -0.15) is 0 Å². The predicted molar refractivity (Wildman–Crippen MR) is 80.5 cm³/mol. The molecule has 0 aliphatic heterocycles. The molecule has 0 saturated heterocycles. The van der Waals surface area contributed by atoms with Crippen LogP contribution in [0.15, 0.2) is 53.4 Å². The highest BCUT2D eigenvalue weighted by molar-refractivity contribution is 14.1. The predicted octanol–water partition coefficient (Wildman–Crippen LogP) is 4.53. The molecule has 0 N–H and O–H groups in total. The van der Waals surface area contributed by atoms with Gasteiger partial charge in [0.15, 0.2) is 0 Å². The number of benzene rings is 2. The molecular weight excluding hydrogens is 343 g/mol. The number of aryl methyl sites for hydroxylation is 1. The maximum Gasteiger partial charge on any atom is 0.224 e. The molecule has 0 aliphatic rings. The van der Waals surface area contributed by atoms with Crippen molar-refractivity contribution in [3.63, 3.8) is 0 Å². The molecule has 0 bridgehead atoms. The number of thioether (sulfide) groups is 1. The largest absolute Gasteiger partial charge is 0.281 e. The molecule has 2 aromatic carbocycles. The van der Waals surface area contributed by atoms with E-state index in [0.717, 1.165) is 14.0 Å². The molecule has 2 aromatic rings. The van der Waals surface area contributed by atoms with Crippen LogP contribution in [0.1, 0.15) is 15.9 Å². The molecule has 1 nitrogen and oxygen atoms in total. The second kappa shape index (κ2) is 5.69. The number of rotatable bonds is 2. The SMILES string of the molecule is Cc1ccc(SC(=O)c2cccc(I)c2)cc1. The maximum absolute atomic E-state index is 12.0. The molecule has 3 heteroatoms. The first-order valence-electron chi connectivity index (χ1n) is 5.19. The lowest BCUT2D eigenvalue weighted by molar-refractivity contribution is 0.108. The van der Waals surface area contributed by atoms with Gasteiger partial charge < -0.3 is 0 Å². The fourth-order valence-electron chi connectivity index (χ4n) is 1.39. The van der Waals surface area contributed by atoms with Gasteiger partial charge in [-0.1, -0.05) is 29.8 Å². The third kappa shape index (κ3) is 3.57. The van der Waals surface area contributed by atoms with E-state index in [-0.39, 0.29) is 5.12 Å². The zero-order valence-electron chi connectivity index (χ0n) is 9.31. The van der Waals surface area contributed by atoms with Crippen LogP contribution in [0.25, 0.3) is 0 Å². The minimum absolute atomic E-state index is 0.0902. The van der Waals surface area contributed by atoms with Gasteiger partial charge in [0, 0.05) is 14.0 Å². The Bertz CT molecular complexity index is 534. The van der Waals surface area contributed by atoms with E-state index in [1.807, 2.05) is 55.5 Å². The lowest BCUT2D eigenvalue weighted by atomic mass is 10.2. The highest BCUT2D eigenvalue weighted by Gasteiger charge is 2.07. The van der Waals surface area contributed by atoms with E-state index in [1.165, 1.54) is 17.3 Å². The summed E-state index contributed by atoms with van der Waals surface area (Å²) >= 11 is 3.48. The summed E-state index contributed by atoms with van der Waals surface area (Å²) in [7, 11) is 0. The summed E-state index contributed by atoms with van der Waals surface area (Å²) < 4.78 is 1.08. The van der Waals surface area contributed by atoms with E-state index in [0.29, 0.717) is 0 Å². The summed E-state index contributed by atoms with van der Waals surface area (Å²) in [6.45, 7) is 2.04. The third-order valence-corrected chi connectivity index (χ3v) is 3.89. The van der Waals surface area contributed by atoms with Crippen LogP contribution in [0, 0.1) is 10.5 Å². The van der Waals surface area contributed by atoms with Gasteiger partial charge in [-0.15, -0.1) is 0 Å². The zero-order chi connectivity index (χ0) is 12.3. The first-order valence-corrected chi connectivity index (χ1v) is 7.09. The molecular formula is C14H11IOS. The van der Waals surface area contributed by atoms with Crippen LogP contribution in [0.3, 0.4) is 0 Å². The van der Waals surface area contributed by atoms with Gasteiger partial charge in [0.25, 0.3) is 0 Å². The van der Waals surface area contributed by atoms with Crippen LogP contribution in [0.5, 0.6) is 0 Å². The summed E-state index contributed by atoms with van der Waals surface area (Å²) in [5.41, 5.74) is 1.96. The van der Waals surface area contributed by atoms with Gasteiger partial charge in [-0.3, -0.25) is 4.79 Å². The number of halogens is 1. The van der Waals surface area contributed by atoms with Crippen molar-refractivity contribution >= 4 is 39.5 Å². The molecule has 0 radical (unpaired) electrons. The molecule has 2 rings (SSSR count). The van der Waals surface area contributed by atoms with Gasteiger partial charge in [0.2, 0.25) is 5.12 Å². The minimum Gasteiger partial charge on any atom is -0.281 e. The molecule has 0 heterocycles. The normalized spacial score (nSPS) is 10.2. The van der Waals surface area contributed by atoms with Crippen molar-refractivity contribution in [2.75, 3.05) is 0 Å². The van der Waals surface area contributed by atoms with Gasteiger partial charge in [0.05, 0.1) is 0 Å². The molecule has 0 unspecified atom stereocenters. The van der Waals surface area contributed by atoms with Crippen molar-refractivity contribution < 1.29 is 4.79 Å². The monoisotopic (exact) mass is 354 g/mol. The van der Waals surface area contributed by atoms with Crippen LogP contribution >= 0.6 is 34.4 Å². The zero-order valence-corrected chi connectivity index (χ0v) is 12.3. The molecule has 17 heavy (non-hydrogen) atoms. The first-order chi connectivity index (χ1) is 8.15. The third-order valence-electron chi connectivity index (χ3n) is 2.29.